The predicted octanol–water partition coefficient (Wildman–Crippen LogP) is 6.39. The minimum absolute atomic E-state index is 0.0632. The van der Waals surface area contributed by atoms with Crippen molar-refractivity contribution in [3.05, 3.63) is 105 Å². The molecule has 4 rings (SSSR count). The van der Waals surface area contributed by atoms with E-state index in [-0.39, 0.29) is 5.78 Å². The second-order valence-electron chi connectivity index (χ2n) is 6.00. The van der Waals surface area contributed by atoms with Crippen molar-refractivity contribution in [1.82, 2.24) is 0 Å². The van der Waals surface area contributed by atoms with Crippen LogP contribution in [0.5, 0.6) is 5.75 Å². The van der Waals surface area contributed by atoms with Crippen LogP contribution in [-0.2, 0) is 0 Å². The van der Waals surface area contributed by atoms with E-state index in [0.717, 1.165) is 11.1 Å². The summed E-state index contributed by atoms with van der Waals surface area (Å²) in [7, 11) is 0. The molecule has 1 aliphatic rings. The number of carbonyl (C=O) groups excluding carboxylic acids is 1. The normalized spacial score (nSPS) is 17.7. The van der Waals surface area contributed by atoms with Crippen LogP contribution in [0.15, 0.2) is 78.4 Å². The fraction of sp³-hybridized carbons (Fsp3) is 0.0455. The molecule has 1 aliphatic heterocycles. The van der Waals surface area contributed by atoms with Crippen molar-refractivity contribution in [1.29, 1.82) is 0 Å². The monoisotopic (exact) mass is 380 g/mol. The van der Waals surface area contributed by atoms with Crippen LogP contribution in [0.2, 0.25) is 10.0 Å². The molecule has 3 aromatic rings. The summed E-state index contributed by atoms with van der Waals surface area (Å²) in [6.45, 7) is 0. The molecule has 0 fully saturated rings. The van der Waals surface area contributed by atoms with Gasteiger partial charge in [-0.05, 0) is 41.5 Å². The molecule has 0 bridgehead atoms. The van der Waals surface area contributed by atoms with Crippen LogP contribution in [0, 0.1) is 0 Å². The molecular weight excluding hydrogens is 367 g/mol. The van der Waals surface area contributed by atoms with Gasteiger partial charge in [-0.15, -0.1) is 0 Å². The van der Waals surface area contributed by atoms with Crippen LogP contribution in [0.3, 0.4) is 0 Å². The molecule has 128 valence electrons. The summed E-state index contributed by atoms with van der Waals surface area (Å²) >= 11 is 12.3. The van der Waals surface area contributed by atoms with E-state index >= 15 is 0 Å². The topological polar surface area (TPSA) is 26.3 Å². The lowest BCUT2D eigenvalue weighted by Gasteiger charge is -2.28. The quantitative estimate of drug-likeness (QED) is 0.481. The number of fused-ring (bicyclic) bond motifs is 1. The summed E-state index contributed by atoms with van der Waals surface area (Å²) in [6, 6.07) is 22.2. The predicted molar refractivity (Wildman–Crippen MR) is 105 cm³/mol. The Kier molecular flexibility index (Phi) is 4.54. The van der Waals surface area contributed by atoms with Gasteiger partial charge in [0.15, 0.2) is 11.9 Å². The molecule has 2 nitrogen and oxygen atoms in total. The van der Waals surface area contributed by atoms with E-state index in [1.54, 1.807) is 30.3 Å². The number of benzene rings is 3. The van der Waals surface area contributed by atoms with Gasteiger partial charge in [0.2, 0.25) is 0 Å². The van der Waals surface area contributed by atoms with Crippen LogP contribution >= 0.6 is 23.2 Å². The van der Waals surface area contributed by atoms with Gasteiger partial charge in [0.25, 0.3) is 0 Å². The van der Waals surface area contributed by atoms with Gasteiger partial charge in [-0.2, -0.15) is 0 Å². The highest BCUT2D eigenvalue weighted by atomic mass is 35.5. The van der Waals surface area contributed by atoms with E-state index in [4.69, 9.17) is 27.9 Å². The molecular formula is C22H14Cl2O2. The largest absolute Gasteiger partial charge is 0.480 e. The molecule has 0 saturated heterocycles. The number of hydrogen-bond acceptors (Lipinski definition) is 2. The zero-order valence-electron chi connectivity index (χ0n) is 13.7. The highest BCUT2D eigenvalue weighted by molar-refractivity contribution is 6.35. The molecule has 1 heterocycles. The summed E-state index contributed by atoms with van der Waals surface area (Å²) in [4.78, 5) is 13.2. The first-order valence-electron chi connectivity index (χ1n) is 8.15. The molecule has 0 N–H and O–H groups in total. The number of ketones is 1. The first-order valence-corrected chi connectivity index (χ1v) is 8.91. The summed E-state index contributed by atoms with van der Waals surface area (Å²) < 4.78 is 6.18. The van der Waals surface area contributed by atoms with Crippen LogP contribution < -0.4 is 4.74 Å². The molecule has 0 saturated carbocycles. The standard InChI is InChI=1S/C22H14Cl2O2/c23-16-11-10-15(19(24)13-16)12-18-21(25)17-8-4-5-9-20(17)26-22(18)14-6-2-1-3-7-14/h1-13,22H/b18-12-/t22-/m0/s1. The van der Waals surface area contributed by atoms with Crippen LogP contribution in [0.4, 0.5) is 0 Å². The van der Waals surface area contributed by atoms with E-state index < -0.39 is 6.10 Å². The van der Waals surface area contributed by atoms with Crippen molar-refractivity contribution in [2.75, 3.05) is 0 Å². The summed E-state index contributed by atoms with van der Waals surface area (Å²) in [5.74, 6) is 0.525. The van der Waals surface area contributed by atoms with Crippen molar-refractivity contribution >= 4 is 35.1 Å². The third-order valence-electron chi connectivity index (χ3n) is 4.30. The van der Waals surface area contributed by atoms with E-state index in [0.29, 0.717) is 26.9 Å². The van der Waals surface area contributed by atoms with Gasteiger partial charge < -0.3 is 4.74 Å². The summed E-state index contributed by atoms with van der Waals surface area (Å²) in [6.07, 6.45) is 1.29. The highest BCUT2D eigenvalue weighted by Gasteiger charge is 2.32. The number of rotatable bonds is 2. The molecule has 0 aliphatic carbocycles. The molecule has 0 unspecified atom stereocenters. The van der Waals surface area contributed by atoms with Crippen molar-refractivity contribution in [2.45, 2.75) is 6.10 Å². The maximum Gasteiger partial charge on any atom is 0.196 e. The second-order valence-corrected chi connectivity index (χ2v) is 6.84. The lowest BCUT2D eigenvalue weighted by atomic mass is 9.89. The van der Waals surface area contributed by atoms with Crippen molar-refractivity contribution in [2.24, 2.45) is 0 Å². The van der Waals surface area contributed by atoms with Crippen molar-refractivity contribution in [3.8, 4) is 5.75 Å². The molecule has 3 aromatic carbocycles. The Morgan fingerprint density at radius 3 is 2.38 bits per heavy atom. The zero-order chi connectivity index (χ0) is 18.1. The van der Waals surface area contributed by atoms with Crippen LogP contribution in [0.1, 0.15) is 27.6 Å². The molecule has 1 atom stereocenters. The second kappa shape index (κ2) is 6.99. The Labute approximate surface area is 161 Å². The van der Waals surface area contributed by atoms with Gasteiger partial charge in [-0.3, -0.25) is 4.79 Å². The summed E-state index contributed by atoms with van der Waals surface area (Å²) in [5, 5.41) is 1.04. The van der Waals surface area contributed by atoms with E-state index in [1.807, 2.05) is 48.5 Å². The van der Waals surface area contributed by atoms with Gasteiger partial charge in [-0.25, -0.2) is 0 Å². The Balaban J connectivity index is 1.88. The average molecular weight is 381 g/mol. The molecule has 0 amide bonds. The average Bonchev–Trinajstić information content (AvgIpc) is 2.66. The third-order valence-corrected chi connectivity index (χ3v) is 4.86. The first-order chi connectivity index (χ1) is 12.6. The molecule has 0 radical (unpaired) electrons. The fourth-order valence-corrected chi connectivity index (χ4v) is 3.49. The number of hydrogen-bond donors (Lipinski definition) is 0. The first kappa shape index (κ1) is 16.9. The van der Waals surface area contributed by atoms with Crippen LogP contribution in [-0.4, -0.2) is 5.78 Å². The number of ether oxygens (including phenoxy) is 1. The smallest absolute Gasteiger partial charge is 0.196 e. The van der Waals surface area contributed by atoms with E-state index in [2.05, 4.69) is 0 Å². The van der Waals surface area contributed by atoms with Gasteiger partial charge in [0.1, 0.15) is 5.75 Å². The number of para-hydroxylation sites is 1. The maximum absolute atomic E-state index is 13.2. The number of halogens is 2. The van der Waals surface area contributed by atoms with E-state index in [9.17, 15) is 4.79 Å². The molecule has 26 heavy (non-hydrogen) atoms. The van der Waals surface area contributed by atoms with Gasteiger partial charge in [0.05, 0.1) is 5.56 Å². The Morgan fingerprint density at radius 1 is 0.885 bits per heavy atom. The van der Waals surface area contributed by atoms with E-state index in [1.165, 1.54) is 0 Å². The SMILES string of the molecule is O=C1/C(=C/c2ccc(Cl)cc2Cl)[C@H](c2ccccc2)Oc2ccccc21. The number of Topliss-reactive ketones (excluding diaryl/α,β-unsaturated/α-hetero) is 1. The number of carbonyl (C=O) groups is 1. The van der Waals surface area contributed by atoms with Crippen molar-refractivity contribution < 1.29 is 9.53 Å². The molecule has 4 heteroatoms. The van der Waals surface area contributed by atoms with Gasteiger partial charge in [0, 0.05) is 15.6 Å². The Hall–Kier alpha value is -2.55. The van der Waals surface area contributed by atoms with Gasteiger partial charge in [-0.1, -0.05) is 71.7 Å². The maximum atomic E-state index is 13.2. The minimum atomic E-state index is -0.495. The Bertz CT molecular complexity index is 1010. The van der Waals surface area contributed by atoms with Gasteiger partial charge >= 0.3 is 0 Å². The lowest BCUT2D eigenvalue weighted by molar-refractivity contribution is 0.0963. The third kappa shape index (κ3) is 3.14. The van der Waals surface area contributed by atoms with Crippen LogP contribution in [0.25, 0.3) is 6.08 Å². The summed E-state index contributed by atoms with van der Waals surface area (Å²) in [5.41, 5.74) is 2.73. The fourth-order valence-electron chi connectivity index (χ4n) is 3.02. The molecule has 0 aromatic heterocycles. The van der Waals surface area contributed by atoms with Crippen molar-refractivity contribution in [3.63, 3.8) is 0 Å². The minimum Gasteiger partial charge on any atom is -0.480 e. The zero-order valence-corrected chi connectivity index (χ0v) is 15.2. The molecule has 0 spiro atoms. The highest BCUT2D eigenvalue weighted by Crippen LogP contribution is 2.39. The lowest BCUT2D eigenvalue weighted by Crippen LogP contribution is -2.23. The Morgan fingerprint density at radius 2 is 1.62 bits per heavy atom.